The molecule has 1 N–H and O–H groups in total. The van der Waals surface area contributed by atoms with Gasteiger partial charge in [-0.1, -0.05) is 36.7 Å². The van der Waals surface area contributed by atoms with Crippen LogP contribution in [0.4, 0.5) is 0 Å². The van der Waals surface area contributed by atoms with Crippen LogP contribution in [0.15, 0.2) is 42.5 Å². The van der Waals surface area contributed by atoms with Crippen LogP contribution in [-0.2, 0) is 11.2 Å². The molecule has 1 unspecified atom stereocenters. The molecule has 0 bridgehead atoms. The predicted octanol–water partition coefficient (Wildman–Crippen LogP) is 4.17. The molecule has 0 aliphatic heterocycles. The lowest BCUT2D eigenvalue weighted by Gasteiger charge is -2.18. The van der Waals surface area contributed by atoms with E-state index in [0.717, 1.165) is 17.5 Å². The first-order valence-electron chi connectivity index (χ1n) is 7.83. The van der Waals surface area contributed by atoms with Crippen molar-refractivity contribution >= 4 is 17.5 Å². The van der Waals surface area contributed by atoms with Crippen molar-refractivity contribution in [2.45, 2.75) is 25.8 Å². The van der Waals surface area contributed by atoms with E-state index in [1.807, 2.05) is 43.3 Å². The molecule has 0 aliphatic carbocycles. The van der Waals surface area contributed by atoms with E-state index in [1.165, 1.54) is 0 Å². The van der Waals surface area contributed by atoms with Crippen LogP contribution < -0.4 is 14.8 Å². The normalized spacial score (nSPS) is 11.7. The maximum Gasteiger partial charge on any atom is 0.224 e. The smallest absolute Gasteiger partial charge is 0.224 e. The summed E-state index contributed by atoms with van der Waals surface area (Å²) in [5.41, 5.74) is 1.87. The number of carbonyl (C=O) groups is 1. The Kier molecular flexibility index (Phi) is 6.50. The molecule has 0 radical (unpaired) electrons. The van der Waals surface area contributed by atoms with Gasteiger partial charge in [-0.15, -0.1) is 0 Å². The van der Waals surface area contributed by atoms with E-state index < -0.39 is 0 Å². The molecule has 24 heavy (non-hydrogen) atoms. The van der Waals surface area contributed by atoms with Gasteiger partial charge in [0.2, 0.25) is 5.91 Å². The zero-order valence-corrected chi connectivity index (χ0v) is 14.9. The molecule has 0 heterocycles. The van der Waals surface area contributed by atoms with Crippen molar-refractivity contribution in [2.75, 3.05) is 14.2 Å². The zero-order valence-electron chi connectivity index (χ0n) is 14.1. The fourth-order valence-corrected chi connectivity index (χ4v) is 2.76. The quantitative estimate of drug-likeness (QED) is 0.817. The van der Waals surface area contributed by atoms with Crippen molar-refractivity contribution in [3.63, 3.8) is 0 Å². The summed E-state index contributed by atoms with van der Waals surface area (Å²) in [6.07, 6.45) is 1.06. The third-order valence-corrected chi connectivity index (χ3v) is 4.04. The maximum absolute atomic E-state index is 12.4. The number of ether oxygens (including phenoxy) is 2. The van der Waals surface area contributed by atoms with Gasteiger partial charge in [-0.2, -0.15) is 0 Å². The van der Waals surface area contributed by atoms with Crippen LogP contribution in [0.2, 0.25) is 5.02 Å². The Morgan fingerprint density at radius 2 is 1.88 bits per heavy atom. The molecule has 0 fully saturated rings. The van der Waals surface area contributed by atoms with Crippen LogP contribution in [0, 0.1) is 0 Å². The Labute approximate surface area is 147 Å². The molecule has 4 nitrogen and oxygen atoms in total. The Hall–Kier alpha value is -2.20. The Balaban J connectivity index is 2.06. The Morgan fingerprint density at radius 3 is 2.50 bits per heavy atom. The fraction of sp³-hybridized carbons (Fsp3) is 0.316. The van der Waals surface area contributed by atoms with E-state index in [4.69, 9.17) is 21.1 Å². The lowest BCUT2D eigenvalue weighted by Crippen LogP contribution is -2.29. The summed E-state index contributed by atoms with van der Waals surface area (Å²) in [5, 5.41) is 3.72. The number of rotatable bonds is 7. The van der Waals surface area contributed by atoms with Crippen LogP contribution >= 0.6 is 11.6 Å². The van der Waals surface area contributed by atoms with Crippen LogP contribution in [0.25, 0.3) is 0 Å². The minimum Gasteiger partial charge on any atom is -0.493 e. The average Bonchev–Trinajstić information content (AvgIpc) is 2.59. The van der Waals surface area contributed by atoms with Gasteiger partial charge in [0.25, 0.3) is 0 Å². The summed E-state index contributed by atoms with van der Waals surface area (Å²) >= 11 is 6.04. The highest BCUT2D eigenvalue weighted by Crippen LogP contribution is 2.28. The number of methoxy groups -OCH3 is 2. The number of carbonyl (C=O) groups excluding carboxylic acids is 1. The van der Waals surface area contributed by atoms with Gasteiger partial charge in [-0.25, -0.2) is 0 Å². The standard InChI is InChI=1S/C19H22ClNO3/c1-4-16(14-6-5-7-15(20)12-14)21-19(22)11-13-8-9-17(23-2)18(10-13)24-3/h5-10,12,16H,4,11H2,1-3H3,(H,21,22). The van der Waals surface area contributed by atoms with Crippen LogP contribution in [-0.4, -0.2) is 20.1 Å². The lowest BCUT2D eigenvalue weighted by molar-refractivity contribution is -0.121. The molecule has 0 saturated heterocycles. The van der Waals surface area contributed by atoms with Gasteiger partial charge in [-0.3, -0.25) is 4.79 Å². The minimum atomic E-state index is -0.0589. The third kappa shape index (κ3) is 4.65. The van der Waals surface area contributed by atoms with Crippen molar-refractivity contribution in [1.82, 2.24) is 5.32 Å². The molecular formula is C19H22ClNO3. The fourth-order valence-electron chi connectivity index (χ4n) is 2.57. The summed E-state index contributed by atoms with van der Waals surface area (Å²) in [6.45, 7) is 2.03. The molecule has 128 valence electrons. The van der Waals surface area contributed by atoms with Gasteiger partial charge < -0.3 is 14.8 Å². The highest BCUT2D eigenvalue weighted by molar-refractivity contribution is 6.30. The largest absolute Gasteiger partial charge is 0.493 e. The number of nitrogens with one attached hydrogen (secondary N) is 1. The lowest BCUT2D eigenvalue weighted by atomic mass is 10.0. The molecule has 2 aromatic rings. The van der Waals surface area contributed by atoms with E-state index in [1.54, 1.807) is 20.3 Å². The van der Waals surface area contributed by atoms with E-state index in [-0.39, 0.29) is 18.4 Å². The molecule has 0 aliphatic rings. The molecule has 2 aromatic carbocycles. The monoisotopic (exact) mass is 347 g/mol. The topological polar surface area (TPSA) is 47.6 Å². The van der Waals surface area contributed by atoms with Gasteiger partial charge in [0.05, 0.1) is 26.7 Å². The first-order valence-corrected chi connectivity index (χ1v) is 8.21. The molecular weight excluding hydrogens is 326 g/mol. The maximum atomic E-state index is 12.4. The number of benzene rings is 2. The second kappa shape index (κ2) is 8.60. The van der Waals surface area contributed by atoms with Crippen molar-refractivity contribution in [3.8, 4) is 11.5 Å². The highest BCUT2D eigenvalue weighted by Gasteiger charge is 2.14. The number of amides is 1. The van der Waals surface area contributed by atoms with Crippen LogP contribution in [0.3, 0.4) is 0 Å². The number of hydrogen-bond acceptors (Lipinski definition) is 3. The van der Waals surface area contributed by atoms with Crippen molar-refractivity contribution in [3.05, 3.63) is 58.6 Å². The van der Waals surface area contributed by atoms with E-state index in [9.17, 15) is 4.79 Å². The van der Waals surface area contributed by atoms with Gasteiger partial charge >= 0.3 is 0 Å². The Morgan fingerprint density at radius 1 is 1.12 bits per heavy atom. The second-order valence-corrected chi connectivity index (χ2v) is 5.89. The minimum absolute atomic E-state index is 0.0472. The summed E-state index contributed by atoms with van der Waals surface area (Å²) in [7, 11) is 3.16. The first-order chi connectivity index (χ1) is 11.6. The summed E-state index contributed by atoms with van der Waals surface area (Å²) in [6, 6.07) is 13.0. The summed E-state index contributed by atoms with van der Waals surface area (Å²) in [5.74, 6) is 1.21. The molecule has 0 saturated carbocycles. The van der Waals surface area contributed by atoms with Crippen LogP contribution in [0.5, 0.6) is 11.5 Å². The third-order valence-electron chi connectivity index (χ3n) is 3.81. The zero-order chi connectivity index (χ0) is 17.5. The van der Waals surface area contributed by atoms with E-state index >= 15 is 0 Å². The van der Waals surface area contributed by atoms with Crippen molar-refractivity contribution < 1.29 is 14.3 Å². The Bertz CT molecular complexity index is 703. The van der Waals surface area contributed by atoms with Gasteiger partial charge in [0, 0.05) is 5.02 Å². The van der Waals surface area contributed by atoms with E-state index in [0.29, 0.717) is 16.5 Å². The van der Waals surface area contributed by atoms with Gasteiger partial charge in [0.15, 0.2) is 11.5 Å². The van der Waals surface area contributed by atoms with Gasteiger partial charge in [-0.05, 0) is 41.8 Å². The first kappa shape index (κ1) is 18.1. The molecule has 1 atom stereocenters. The number of hydrogen-bond donors (Lipinski definition) is 1. The van der Waals surface area contributed by atoms with Crippen molar-refractivity contribution in [2.24, 2.45) is 0 Å². The van der Waals surface area contributed by atoms with Crippen molar-refractivity contribution in [1.29, 1.82) is 0 Å². The van der Waals surface area contributed by atoms with Crippen LogP contribution in [0.1, 0.15) is 30.5 Å². The highest BCUT2D eigenvalue weighted by atomic mass is 35.5. The van der Waals surface area contributed by atoms with E-state index in [2.05, 4.69) is 5.32 Å². The summed E-state index contributed by atoms with van der Waals surface area (Å²) < 4.78 is 10.5. The van der Waals surface area contributed by atoms with Gasteiger partial charge in [0.1, 0.15) is 0 Å². The molecule has 0 aromatic heterocycles. The number of halogens is 1. The molecule has 5 heteroatoms. The predicted molar refractivity (Wildman–Crippen MR) is 95.9 cm³/mol. The SMILES string of the molecule is CCC(NC(=O)Cc1ccc(OC)c(OC)c1)c1cccc(Cl)c1. The average molecular weight is 348 g/mol. The molecule has 2 rings (SSSR count). The second-order valence-electron chi connectivity index (χ2n) is 5.45. The molecule has 0 spiro atoms. The molecule has 1 amide bonds. The summed E-state index contributed by atoms with van der Waals surface area (Å²) in [4.78, 5) is 12.4.